The van der Waals surface area contributed by atoms with Crippen LogP contribution < -0.4 is 0 Å². The van der Waals surface area contributed by atoms with E-state index in [1.165, 1.54) is 0 Å². The van der Waals surface area contributed by atoms with Crippen LogP contribution in [0.15, 0.2) is 0 Å². The molecule has 0 saturated carbocycles. The second-order valence-electron chi connectivity index (χ2n) is 8.27. The molecule has 0 radical (unpaired) electrons. The van der Waals surface area contributed by atoms with Crippen molar-refractivity contribution in [3.05, 3.63) is 11.6 Å². The molecule has 2 unspecified atom stereocenters. The molecule has 1 aromatic rings. The van der Waals surface area contributed by atoms with E-state index in [0.29, 0.717) is 0 Å². The molecule has 1 N–H and O–H groups in total. The molecule has 6 aliphatic rings. The van der Waals surface area contributed by atoms with E-state index in [4.69, 9.17) is 19.2 Å². The van der Waals surface area contributed by atoms with E-state index in [1.807, 2.05) is 0 Å². The van der Waals surface area contributed by atoms with Crippen LogP contribution in [-0.4, -0.2) is 140 Å². The van der Waals surface area contributed by atoms with Gasteiger partial charge < -0.3 is 14.2 Å². The second-order valence-corrected chi connectivity index (χ2v) is 8.27. The van der Waals surface area contributed by atoms with Crippen LogP contribution in [0.1, 0.15) is 11.6 Å². The van der Waals surface area contributed by atoms with Crippen molar-refractivity contribution in [2.24, 2.45) is 0 Å². The molecule has 10 heteroatoms. The summed E-state index contributed by atoms with van der Waals surface area (Å²) < 4.78 is 17.9. The van der Waals surface area contributed by atoms with Gasteiger partial charge in [0.1, 0.15) is 5.82 Å². The van der Waals surface area contributed by atoms with E-state index in [0.717, 1.165) is 130 Å². The highest BCUT2D eigenvalue weighted by Crippen LogP contribution is 2.07. The third-order valence-electron chi connectivity index (χ3n) is 6.09. The largest absolute Gasteiger partial charge is 0.379 e. The zero-order valence-electron chi connectivity index (χ0n) is 18.1. The van der Waals surface area contributed by atoms with Crippen LogP contribution in [0, 0.1) is 0 Å². The SMILES string of the molecule is C1CN2CCOCCN(CCO1)CCN1CCOCCN(CC2)Cc2n[nH]c(n2)C1. The maximum absolute atomic E-state index is 5.99. The summed E-state index contributed by atoms with van der Waals surface area (Å²) in [5, 5.41) is 7.64. The van der Waals surface area contributed by atoms with Crippen LogP contribution in [0.4, 0.5) is 0 Å². The molecule has 7 heterocycles. The topological polar surface area (TPSA) is 82.2 Å². The first kappa shape index (κ1) is 22.1. The standard InChI is InChI=1S/C20H37N7O3/c1-3-26-9-15-30-16-10-27(18-20-21-19(17-26)22-23-20)4-2-25-7-13-28-11-5-24(1)6-12-29-14-8-25/h1-18H2,(H,21,22,23). The molecule has 7 rings (SSSR count). The quantitative estimate of drug-likeness (QED) is 0.571. The van der Waals surface area contributed by atoms with Crippen molar-refractivity contribution in [1.82, 2.24) is 34.8 Å². The molecule has 0 aromatic carbocycles. The molecule has 3 saturated heterocycles. The molecule has 6 bridgehead atoms. The Morgan fingerprint density at radius 2 is 0.967 bits per heavy atom. The lowest BCUT2D eigenvalue weighted by molar-refractivity contribution is 0.0258. The number of H-pyrrole nitrogens is 1. The van der Waals surface area contributed by atoms with E-state index >= 15 is 0 Å². The minimum atomic E-state index is 0.740. The van der Waals surface area contributed by atoms with E-state index in [2.05, 4.69) is 29.8 Å². The van der Waals surface area contributed by atoms with Gasteiger partial charge in [-0.1, -0.05) is 0 Å². The normalized spacial score (nSPS) is 33.2. The highest BCUT2D eigenvalue weighted by Gasteiger charge is 2.18. The van der Waals surface area contributed by atoms with Crippen LogP contribution in [0.25, 0.3) is 0 Å². The van der Waals surface area contributed by atoms with Gasteiger partial charge in [-0.05, 0) is 0 Å². The summed E-state index contributed by atoms with van der Waals surface area (Å²) in [6, 6.07) is 0. The number of ether oxygens (including phenoxy) is 3. The van der Waals surface area contributed by atoms with Crippen molar-refractivity contribution in [3.63, 3.8) is 0 Å². The predicted octanol–water partition coefficient (Wildman–Crippen LogP) is -0.897. The zero-order chi connectivity index (χ0) is 20.4. The van der Waals surface area contributed by atoms with Crippen LogP contribution in [0.5, 0.6) is 0 Å². The van der Waals surface area contributed by atoms with Gasteiger partial charge in [-0.15, -0.1) is 0 Å². The van der Waals surface area contributed by atoms with Gasteiger partial charge >= 0.3 is 0 Å². The van der Waals surface area contributed by atoms with Crippen molar-refractivity contribution in [2.75, 3.05) is 105 Å². The Bertz CT molecular complexity index is 556. The number of hydrogen-bond acceptors (Lipinski definition) is 9. The van der Waals surface area contributed by atoms with E-state index in [1.54, 1.807) is 0 Å². The van der Waals surface area contributed by atoms with Crippen LogP contribution in [0.2, 0.25) is 0 Å². The Morgan fingerprint density at radius 1 is 0.533 bits per heavy atom. The summed E-state index contributed by atoms with van der Waals surface area (Å²) in [7, 11) is 0. The first-order chi connectivity index (χ1) is 14.8. The minimum Gasteiger partial charge on any atom is -0.379 e. The molecule has 30 heavy (non-hydrogen) atoms. The number of rotatable bonds is 0. The molecule has 6 aliphatic heterocycles. The van der Waals surface area contributed by atoms with Crippen LogP contribution >= 0.6 is 0 Å². The van der Waals surface area contributed by atoms with Crippen LogP contribution in [-0.2, 0) is 27.3 Å². The lowest BCUT2D eigenvalue weighted by atomic mass is 10.3. The zero-order valence-corrected chi connectivity index (χ0v) is 18.1. The third-order valence-corrected chi connectivity index (χ3v) is 6.09. The molecular formula is C20H37N7O3. The van der Waals surface area contributed by atoms with Gasteiger partial charge in [-0.3, -0.25) is 24.7 Å². The number of nitrogens with zero attached hydrogens (tertiary/aromatic N) is 6. The van der Waals surface area contributed by atoms with Gasteiger partial charge in [0.05, 0.1) is 52.7 Å². The summed E-state index contributed by atoms with van der Waals surface area (Å²) in [6.07, 6.45) is 0. The third kappa shape index (κ3) is 7.23. The maximum atomic E-state index is 5.99. The Morgan fingerprint density at radius 3 is 1.50 bits per heavy atom. The van der Waals surface area contributed by atoms with E-state index in [9.17, 15) is 0 Å². The fourth-order valence-electron chi connectivity index (χ4n) is 4.13. The molecule has 2 atom stereocenters. The maximum Gasteiger partial charge on any atom is 0.164 e. The fourth-order valence-corrected chi connectivity index (χ4v) is 4.13. The minimum absolute atomic E-state index is 0.740. The predicted molar refractivity (Wildman–Crippen MR) is 112 cm³/mol. The average Bonchev–Trinajstić information content (AvgIpc) is 3.17. The molecule has 10 nitrogen and oxygen atoms in total. The molecule has 170 valence electrons. The molecule has 0 amide bonds. The van der Waals surface area contributed by atoms with Crippen molar-refractivity contribution in [1.29, 1.82) is 0 Å². The van der Waals surface area contributed by atoms with Crippen molar-refractivity contribution in [2.45, 2.75) is 13.1 Å². The number of nitrogens with one attached hydrogen (secondary N) is 1. The van der Waals surface area contributed by atoms with Crippen molar-refractivity contribution >= 4 is 0 Å². The summed E-state index contributed by atoms with van der Waals surface area (Å²) in [6.45, 7) is 15.5. The van der Waals surface area contributed by atoms with Gasteiger partial charge in [0, 0.05) is 65.4 Å². The van der Waals surface area contributed by atoms with Crippen molar-refractivity contribution in [3.8, 4) is 0 Å². The lowest BCUT2D eigenvalue weighted by Crippen LogP contribution is -2.42. The Kier molecular flexibility index (Phi) is 8.86. The van der Waals surface area contributed by atoms with Gasteiger partial charge in [-0.25, -0.2) is 4.98 Å². The Labute approximate surface area is 179 Å². The highest BCUT2D eigenvalue weighted by molar-refractivity contribution is 4.91. The monoisotopic (exact) mass is 423 g/mol. The molecule has 0 spiro atoms. The van der Waals surface area contributed by atoms with Gasteiger partial charge in [0.25, 0.3) is 0 Å². The Hall–Kier alpha value is -1.14. The summed E-state index contributed by atoms with van der Waals surface area (Å²) >= 11 is 0. The van der Waals surface area contributed by atoms with Crippen molar-refractivity contribution < 1.29 is 14.2 Å². The van der Waals surface area contributed by atoms with Gasteiger partial charge in [0.15, 0.2) is 5.82 Å². The lowest BCUT2D eigenvalue weighted by Gasteiger charge is -2.30. The van der Waals surface area contributed by atoms with E-state index in [-0.39, 0.29) is 0 Å². The number of aromatic amines is 1. The van der Waals surface area contributed by atoms with E-state index < -0.39 is 0 Å². The second kappa shape index (κ2) is 12.0. The molecule has 3 fully saturated rings. The summed E-state index contributed by atoms with van der Waals surface area (Å²) in [4.78, 5) is 14.5. The van der Waals surface area contributed by atoms with Gasteiger partial charge in [0.2, 0.25) is 0 Å². The number of hydrogen-bond donors (Lipinski definition) is 1. The molecular weight excluding hydrogens is 386 g/mol. The average molecular weight is 424 g/mol. The fraction of sp³-hybridized carbons (Fsp3) is 0.900. The molecule has 0 aliphatic carbocycles. The van der Waals surface area contributed by atoms with Crippen LogP contribution in [0.3, 0.4) is 0 Å². The first-order valence-corrected chi connectivity index (χ1v) is 11.4. The summed E-state index contributed by atoms with van der Waals surface area (Å²) in [5.41, 5.74) is 0. The highest BCUT2D eigenvalue weighted by atomic mass is 16.5. The first-order valence-electron chi connectivity index (χ1n) is 11.4. The van der Waals surface area contributed by atoms with Gasteiger partial charge in [-0.2, -0.15) is 5.10 Å². The number of aromatic nitrogens is 3. The Balaban J connectivity index is 1.54. The summed E-state index contributed by atoms with van der Waals surface area (Å²) in [5.74, 6) is 1.81. The molecule has 1 aromatic heterocycles. The smallest absolute Gasteiger partial charge is 0.164 e.